The zero-order valence-corrected chi connectivity index (χ0v) is 11.3. The molecular formula is C15H16O2P+. The van der Waals surface area contributed by atoms with Crippen molar-refractivity contribution >= 4 is 13.1 Å². The molecule has 2 aromatic rings. The third-order valence-corrected chi connectivity index (χ3v) is 4.32. The number of benzene rings is 2. The van der Waals surface area contributed by atoms with Gasteiger partial charge in [-0.05, 0) is 23.8 Å². The molecule has 1 atom stereocenters. The minimum absolute atomic E-state index is 0.652. The number of aryl methyl sites for hydroxylation is 1. The first kappa shape index (κ1) is 12.8. The summed E-state index contributed by atoms with van der Waals surface area (Å²) in [6, 6.07) is 17.5. The minimum Gasteiger partial charge on any atom is -0.496 e. The second-order valence-electron chi connectivity index (χ2n) is 4.00. The predicted molar refractivity (Wildman–Crippen MR) is 75.2 cm³/mol. The highest BCUT2D eigenvalue weighted by atomic mass is 31.1. The monoisotopic (exact) mass is 259 g/mol. The maximum atomic E-state index is 12.1. The summed E-state index contributed by atoms with van der Waals surface area (Å²) >= 11 is 0. The summed E-state index contributed by atoms with van der Waals surface area (Å²) in [6.45, 7) is 0. The molecule has 0 aliphatic carbocycles. The van der Waals surface area contributed by atoms with E-state index in [0.717, 1.165) is 23.0 Å². The van der Waals surface area contributed by atoms with Gasteiger partial charge >= 0.3 is 7.80 Å². The Morgan fingerprint density at radius 3 is 2.39 bits per heavy atom. The van der Waals surface area contributed by atoms with Crippen LogP contribution in [0.25, 0.3) is 0 Å². The van der Waals surface area contributed by atoms with Gasteiger partial charge in [-0.25, -0.2) is 0 Å². The van der Waals surface area contributed by atoms with E-state index >= 15 is 0 Å². The smallest absolute Gasteiger partial charge is 0.377 e. The van der Waals surface area contributed by atoms with Crippen molar-refractivity contribution in [3.63, 3.8) is 0 Å². The van der Waals surface area contributed by atoms with E-state index in [1.807, 2.05) is 54.6 Å². The molecule has 0 fully saturated rings. The van der Waals surface area contributed by atoms with E-state index in [-0.39, 0.29) is 0 Å². The zero-order valence-electron chi connectivity index (χ0n) is 10.4. The van der Waals surface area contributed by atoms with Crippen LogP contribution < -0.4 is 10.0 Å². The van der Waals surface area contributed by atoms with Crippen LogP contribution in [0.5, 0.6) is 5.75 Å². The fraction of sp³-hybridized carbons (Fsp3) is 0.200. The molecule has 0 N–H and O–H groups in total. The standard InChI is InChI=1S/C15H16O2P/c1-17-15-10-6-5-7-13(15)11-12-18(16)14-8-3-2-4-9-14/h2-10H,11-12H2,1H3/q+1. The van der Waals surface area contributed by atoms with Crippen LogP contribution in [0.1, 0.15) is 5.56 Å². The summed E-state index contributed by atoms with van der Waals surface area (Å²) in [5.74, 6) is 0.869. The molecule has 0 radical (unpaired) electrons. The molecule has 0 aliphatic rings. The molecule has 3 heteroatoms. The molecule has 2 aromatic carbocycles. The number of ether oxygens (including phenoxy) is 1. The highest BCUT2D eigenvalue weighted by molar-refractivity contribution is 7.53. The largest absolute Gasteiger partial charge is 0.496 e. The molecule has 2 rings (SSSR count). The SMILES string of the molecule is COc1ccccc1CC[P+](=O)c1ccccc1. The molecular weight excluding hydrogens is 243 g/mol. The van der Waals surface area contributed by atoms with Crippen LogP contribution in [0.3, 0.4) is 0 Å². The summed E-state index contributed by atoms with van der Waals surface area (Å²) in [6.07, 6.45) is 1.42. The third-order valence-electron chi connectivity index (χ3n) is 2.82. The van der Waals surface area contributed by atoms with Crippen molar-refractivity contribution in [3.8, 4) is 5.75 Å². The lowest BCUT2D eigenvalue weighted by Crippen LogP contribution is -2.00. The number of methoxy groups -OCH3 is 1. The Hall–Kier alpha value is -1.66. The summed E-state index contributed by atoms with van der Waals surface area (Å²) in [5.41, 5.74) is 1.11. The average Bonchev–Trinajstić information content (AvgIpc) is 2.46. The van der Waals surface area contributed by atoms with E-state index in [1.165, 1.54) is 0 Å². The van der Waals surface area contributed by atoms with Gasteiger partial charge in [-0.15, -0.1) is 0 Å². The lowest BCUT2D eigenvalue weighted by atomic mass is 10.1. The van der Waals surface area contributed by atoms with Crippen molar-refractivity contribution in [2.24, 2.45) is 0 Å². The second-order valence-corrected chi connectivity index (χ2v) is 5.72. The summed E-state index contributed by atoms with van der Waals surface area (Å²) in [7, 11) is 0.340. The van der Waals surface area contributed by atoms with Gasteiger partial charge in [0.05, 0.1) is 7.11 Å². The zero-order chi connectivity index (χ0) is 12.8. The first-order chi connectivity index (χ1) is 8.81. The molecule has 0 spiro atoms. The minimum atomic E-state index is -1.32. The van der Waals surface area contributed by atoms with Crippen LogP contribution in [0.15, 0.2) is 54.6 Å². The van der Waals surface area contributed by atoms with Gasteiger partial charge in [0, 0.05) is 6.42 Å². The first-order valence-electron chi connectivity index (χ1n) is 5.93. The molecule has 0 aromatic heterocycles. The van der Waals surface area contributed by atoms with Crippen LogP contribution in [-0.4, -0.2) is 13.3 Å². The van der Waals surface area contributed by atoms with Gasteiger partial charge in [0.1, 0.15) is 5.75 Å². The quantitative estimate of drug-likeness (QED) is 0.769. The Morgan fingerprint density at radius 2 is 1.67 bits per heavy atom. The van der Waals surface area contributed by atoms with Gasteiger partial charge in [-0.3, -0.25) is 0 Å². The van der Waals surface area contributed by atoms with E-state index in [9.17, 15) is 4.57 Å². The molecule has 0 saturated heterocycles. The fourth-order valence-corrected chi connectivity index (χ4v) is 3.06. The van der Waals surface area contributed by atoms with Crippen LogP contribution in [-0.2, 0) is 11.0 Å². The molecule has 0 saturated carbocycles. The van der Waals surface area contributed by atoms with Crippen LogP contribution in [0, 0.1) is 0 Å². The molecule has 18 heavy (non-hydrogen) atoms. The highest BCUT2D eigenvalue weighted by Crippen LogP contribution is 2.25. The fourth-order valence-electron chi connectivity index (χ4n) is 1.85. The number of hydrogen-bond donors (Lipinski definition) is 0. The Kier molecular flexibility index (Phi) is 4.49. The van der Waals surface area contributed by atoms with E-state index in [4.69, 9.17) is 4.74 Å². The average molecular weight is 259 g/mol. The number of para-hydroxylation sites is 1. The van der Waals surface area contributed by atoms with Crippen LogP contribution >= 0.6 is 7.80 Å². The number of rotatable bonds is 5. The van der Waals surface area contributed by atoms with Crippen molar-refractivity contribution in [2.75, 3.05) is 13.3 Å². The molecule has 0 amide bonds. The van der Waals surface area contributed by atoms with Gasteiger partial charge in [0.25, 0.3) is 0 Å². The van der Waals surface area contributed by atoms with Gasteiger partial charge < -0.3 is 4.74 Å². The van der Waals surface area contributed by atoms with Crippen molar-refractivity contribution < 1.29 is 9.30 Å². The Morgan fingerprint density at radius 1 is 1.00 bits per heavy atom. The van der Waals surface area contributed by atoms with Gasteiger partial charge in [0.15, 0.2) is 11.5 Å². The van der Waals surface area contributed by atoms with E-state index in [0.29, 0.717) is 6.16 Å². The normalized spacial score (nSPS) is 11.1. The summed E-state index contributed by atoms with van der Waals surface area (Å²) < 4.78 is 17.4. The van der Waals surface area contributed by atoms with Gasteiger partial charge in [-0.2, -0.15) is 0 Å². The van der Waals surface area contributed by atoms with E-state index < -0.39 is 7.80 Å². The third kappa shape index (κ3) is 3.18. The molecule has 2 nitrogen and oxygen atoms in total. The topological polar surface area (TPSA) is 26.3 Å². The molecule has 0 heterocycles. The Balaban J connectivity index is 2.02. The van der Waals surface area contributed by atoms with Crippen LogP contribution in [0.2, 0.25) is 0 Å². The van der Waals surface area contributed by atoms with Gasteiger partial charge in [-0.1, -0.05) is 41.0 Å². The lowest BCUT2D eigenvalue weighted by molar-refractivity contribution is 0.410. The molecule has 0 bridgehead atoms. The van der Waals surface area contributed by atoms with Crippen molar-refractivity contribution in [1.82, 2.24) is 0 Å². The second kappa shape index (κ2) is 6.32. The molecule has 1 unspecified atom stereocenters. The summed E-state index contributed by atoms with van der Waals surface area (Å²) in [5, 5.41) is 0.919. The Bertz CT molecular complexity index is 523. The summed E-state index contributed by atoms with van der Waals surface area (Å²) in [4.78, 5) is 0. The van der Waals surface area contributed by atoms with Crippen molar-refractivity contribution in [2.45, 2.75) is 6.42 Å². The van der Waals surface area contributed by atoms with Crippen LogP contribution in [0.4, 0.5) is 0 Å². The molecule has 92 valence electrons. The van der Waals surface area contributed by atoms with Crippen molar-refractivity contribution in [3.05, 3.63) is 60.2 Å². The lowest BCUT2D eigenvalue weighted by Gasteiger charge is -2.04. The van der Waals surface area contributed by atoms with Crippen molar-refractivity contribution in [1.29, 1.82) is 0 Å². The highest BCUT2D eigenvalue weighted by Gasteiger charge is 2.19. The molecule has 0 aliphatic heterocycles. The van der Waals surface area contributed by atoms with E-state index in [1.54, 1.807) is 7.11 Å². The Labute approximate surface area is 108 Å². The maximum Gasteiger partial charge on any atom is 0.377 e. The maximum absolute atomic E-state index is 12.1. The first-order valence-corrected chi connectivity index (χ1v) is 7.37. The van der Waals surface area contributed by atoms with E-state index in [2.05, 4.69) is 0 Å². The van der Waals surface area contributed by atoms with Gasteiger partial charge in [0.2, 0.25) is 0 Å². The number of hydrogen-bond acceptors (Lipinski definition) is 2. The predicted octanol–water partition coefficient (Wildman–Crippen LogP) is 3.39.